The van der Waals surface area contributed by atoms with Crippen LogP contribution in [0.1, 0.15) is 5.56 Å². The zero-order chi connectivity index (χ0) is 14.9. The molecule has 116 valence electrons. The fraction of sp³-hybridized carbons (Fsp3) is 0.125. The molecule has 0 bridgehead atoms. The number of rotatable bonds is 4. The monoisotopic (exact) mass is 336 g/mol. The number of aromatic nitrogens is 1. The van der Waals surface area contributed by atoms with Gasteiger partial charge in [-0.25, -0.2) is 8.42 Å². The first kappa shape index (κ1) is 16.5. The summed E-state index contributed by atoms with van der Waals surface area (Å²) in [5.41, 5.74) is 7.48. The van der Waals surface area contributed by atoms with Gasteiger partial charge in [-0.3, -0.25) is 0 Å². The van der Waals surface area contributed by atoms with Crippen LogP contribution < -0.4 is 5.73 Å². The number of H-pyrrole nitrogens is 1. The Balaban J connectivity index is 0.00000176. The van der Waals surface area contributed by atoms with E-state index in [1.54, 1.807) is 36.5 Å². The van der Waals surface area contributed by atoms with E-state index >= 15 is 0 Å². The van der Waals surface area contributed by atoms with E-state index < -0.39 is 9.84 Å². The summed E-state index contributed by atoms with van der Waals surface area (Å²) in [5, 5.41) is 0.713. The van der Waals surface area contributed by atoms with Crippen molar-refractivity contribution in [2.75, 3.05) is 6.54 Å². The van der Waals surface area contributed by atoms with Gasteiger partial charge in [-0.15, -0.1) is 12.4 Å². The molecule has 0 saturated heterocycles. The second kappa shape index (κ2) is 6.52. The molecule has 6 heteroatoms. The van der Waals surface area contributed by atoms with Crippen LogP contribution in [0.4, 0.5) is 0 Å². The lowest BCUT2D eigenvalue weighted by Gasteiger charge is -2.04. The summed E-state index contributed by atoms with van der Waals surface area (Å²) in [6.07, 6.45) is 2.27. The Bertz CT molecular complexity index is 874. The van der Waals surface area contributed by atoms with Gasteiger partial charge in [0, 0.05) is 11.6 Å². The number of nitrogens with two attached hydrogens (primary N) is 1. The minimum atomic E-state index is -3.52. The van der Waals surface area contributed by atoms with Crippen molar-refractivity contribution in [1.29, 1.82) is 0 Å². The third-order valence-corrected chi connectivity index (χ3v) is 5.33. The van der Waals surface area contributed by atoms with E-state index in [1.165, 1.54) is 0 Å². The third kappa shape index (κ3) is 2.75. The average molecular weight is 337 g/mol. The number of benzene rings is 2. The molecule has 0 radical (unpaired) electrons. The van der Waals surface area contributed by atoms with Gasteiger partial charge in [-0.05, 0) is 30.7 Å². The summed E-state index contributed by atoms with van der Waals surface area (Å²) in [6, 6.07) is 14.1. The molecule has 0 unspecified atom stereocenters. The van der Waals surface area contributed by atoms with Gasteiger partial charge < -0.3 is 10.7 Å². The van der Waals surface area contributed by atoms with Gasteiger partial charge >= 0.3 is 0 Å². The first-order valence-corrected chi connectivity index (χ1v) is 8.22. The molecule has 3 rings (SSSR count). The Morgan fingerprint density at radius 2 is 1.73 bits per heavy atom. The van der Waals surface area contributed by atoms with Crippen LogP contribution in [0.3, 0.4) is 0 Å². The molecule has 3 aromatic rings. The number of aromatic amines is 1. The molecule has 0 spiro atoms. The Labute approximate surface area is 135 Å². The topological polar surface area (TPSA) is 76.0 Å². The molecule has 0 atom stereocenters. The molecule has 0 amide bonds. The van der Waals surface area contributed by atoms with E-state index in [0.29, 0.717) is 28.1 Å². The number of hydrogen-bond acceptors (Lipinski definition) is 3. The van der Waals surface area contributed by atoms with E-state index in [4.69, 9.17) is 5.73 Å². The van der Waals surface area contributed by atoms with Crippen molar-refractivity contribution in [2.45, 2.75) is 16.2 Å². The highest BCUT2D eigenvalue weighted by Crippen LogP contribution is 2.29. The van der Waals surface area contributed by atoms with Gasteiger partial charge in [0.15, 0.2) is 0 Å². The lowest BCUT2D eigenvalue weighted by Crippen LogP contribution is -2.03. The van der Waals surface area contributed by atoms with Gasteiger partial charge in [-0.1, -0.05) is 36.4 Å². The summed E-state index contributed by atoms with van der Waals surface area (Å²) in [5.74, 6) is 0. The van der Waals surface area contributed by atoms with Crippen molar-refractivity contribution >= 4 is 33.1 Å². The first-order valence-electron chi connectivity index (χ1n) is 6.74. The summed E-state index contributed by atoms with van der Waals surface area (Å²) in [7, 11) is -3.52. The van der Waals surface area contributed by atoms with Crippen LogP contribution in [0.15, 0.2) is 64.5 Å². The molecular formula is C16H17ClN2O2S. The minimum Gasteiger partial charge on any atom is -0.360 e. The molecule has 1 heterocycles. The molecule has 0 aliphatic carbocycles. The van der Waals surface area contributed by atoms with Crippen LogP contribution in [0.25, 0.3) is 10.9 Å². The zero-order valence-corrected chi connectivity index (χ0v) is 13.5. The third-order valence-electron chi connectivity index (χ3n) is 3.52. The van der Waals surface area contributed by atoms with Crippen molar-refractivity contribution in [1.82, 2.24) is 4.98 Å². The quantitative estimate of drug-likeness (QED) is 0.769. The van der Waals surface area contributed by atoms with Crippen LogP contribution >= 0.6 is 12.4 Å². The SMILES string of the molecule is Cl.NCCc1cccc2c(S(=O)(=O)c3ccccc3)c[nH]c12. The standard InChI is InChI=1S/C16H16N2O2S.ClH/c17-10-9-12-5-4-8-14-15(11-18-16(12)14)21(19,20)13-6-2-1-3-7-13;/h1-8,11,18H,9-10,17H2;1H. The van der Waals surface area contributed by atoms with E-state index in [0.717, 1.165) is 11.1 Å². The highest BCUT2D eigenvalue weighted by atomic mass is 35.5. The van der Waals surface area contributed by atoms with Crippen molar-refractivity contribution in [3.05, 3.63) is 60.3 Å². The van der Waals surface area contributed by atoms with Crippen LogP contribution in [0, 0.1) is 0 Å². The van der Waals surface area contributed by atoms with E-state index in [-0.39, 0.29) is 12.4 Å². The molecule has 0 fully saturated rings. The van der Waals surface area contributed by atoms with E-state index in [1.807, 2.05) is 18.2 Å². The number of sulfone groups is 1. The maximum absolute atomic E-state index is 12.7. The van der Waals surface area contributed by atoms with E-state index in [2.05, 4.69) is 4.98 Å². The van der Waals surface area contributed by atoms with Crippen molar-refractivity contribution in [2.24, 2.45) is 5.73 Å². The highest BCUT2D eigenvalue weighted by Gasteiger charge is 2.21. The van der Waals surface area contributed by atoms with Gasteiger partial charge in [-0.2, -0.15) is 0 Å². The van der Waals surface area contributed by atoms with E-state index in [9.17, 15) is 8.42 Å². The molecule has 0 aliphatic rings. The summed E-state index contributed by atoms with van der Waals surface area (Å²) in [4.78, 5) is 3.69. The Morgan fingerprint density at radius 1 is 1.00 bits per heavy atom. The molecule has 0 saturated carbocycles. The van der Waals surface area contributed by atoms with Gasteiger partial charge in [0.05, 0.1) is 15.3 Å². The number of hydrogen-bond donors (Lipinski definition) is 2. The minimum absolute atomic E-state index is 0. The normalized spacial score (nSPS) is 11.3. The predicted molar refractivity (Wildman–Crippen MR) is 90.2 cm³/mol. The Kier molecular flexibility index (Phi) is 4.90. The highest BCUT2D eigenvalue weighted by molar-refractivity contribution is 7.91. The fourth-order valence-electron chi connectivity index (χ4n) is 2.50. The summed E-state index contributed by atoms with van der Waals surface area (Å²) in [6.45, 7) is 0.527. The van der Waals surface area contributed by atoms with Crippen LogP contribution in [-0.4, -0.2) is 19.9 Å². The van der Waals surface area contributed by atoms with Crippen LogP contribution in [0.2, 0.25) is 0 Å². The van der Waals surface area contributed by atoms with Crippen LogP contribution in [-0.2, 0) is 16.3 Å². The van der Waals surface area contributed by atoms with Crippen LogP contribution in [0.5, 0.6) is 0 Å². The molecule has 0 aliphatic heterocycles. The molecule has 4 nitrogen and oxygen atoms in total. The Morgan fingerprint density at radius 3 is 2.41 bits per heavy atom. The Hall–Kier alpha value is -1.82. The van der Waals surface area contributed by atoms with Gasteiger partial charge in [0.1, 0.15) is 0 Å². The number of halogens is 1. The zero-order valence-electron chi connectivity index (χ0n) is 11.8. The largest absolute Gasteiger partial charge is 0.360 e. The fourth-order valence-corrected chi connectivity index (χ4v) is 3.95. The molecule has 22 heavy (non-hydrogen) atoms. The summed E-state index contributed by atoms with van der Waals surface area (Å²) < 4.78 is 25.5. The van der Waals surface area contributed by atoms with Crippen molar-refractivity contribution < 1.29 is 8.42 Å². The molecule has 3 N–H and O–H groups in total. The molecular weight excluding hydrogens is 320 g/mol. The average Bonchev–Trinajstić information content (AvgIpc) is 2.94. The lowest BCUT2D eigenvalue weighted by molar-refractivity contribution is 0.597. The van der Waals surface area contributed by atoms with Gasteiger partial charge in [0.2, 0.25) is 9.84 Å². The smallest absolute Gasteiger partial charge is 0.208 e. The maximum Gasteiger partial charge on any atom is 0.208 e. The maximum atomic E-state index is 12.7. The summed E-state index contributed by atoms with van der Waals surface area (Å²) >= 11 is 0. The second-order valence-corrected chi connectivity index (χ2v) is 6.77. The first-order chi connectivity index (χ1) is 10.1. The second-order valence-electron chi connectivity index (χ2n) is 4.85. The van der Waals surface area contributed by atoms with Gasteiger partial charge in [0.25, 0.3) is 0 Å². The number of nitrogens with one attached hydrogen (secondary N) is 1. The van der Waals surface area contributed by atoms with Crippen molar-refractivity contribution in [3.63, 3.8) is 0 Å². The number of fused-ring (bicyclic) bond motifs is 1. The van der Waals surface area contributed by atoms with Crippen molar-refractivity contribution in [3.8, 4) is 0 Å². The molecule has 2 aromatic carbocycles. The molecule has 1 aromatic heterocycles. The predicted octanol–water partition coefficient (Wildman–Crippen LogP) is 2.92. The lowest BCUT2D eigenvalue weighted by atomic mass is 10.1. The number of para-hydroxylation sites is 1.